The summed E-state index contributed by atoms with van der Waals surface area (Å²) < 4.78 is 0. The highest BCUT2D eigenvalue weighted by Crippen LogP contribution is 2.13. The fourth-order valence-electron chi connectivity index (χ4n) is 1.05. The molecule has 0 radical (unpaired) electrons. The SMILES string of the molecule is CN(CCCl)C(=O)c1cc([N+](=O)[O-])c[nH]1. The first-order valence-corrected chi connectivity index (χ1v) is 4.74. The van der Waals surface area contributed by atoms with Crippen molar-refractivity contribution in [1.29, 1.82) is 0 Å². The summed E-state index contributed by atoms with van der Waals surface area (Å²) in [6.07, 6.45) is 1.18. The molecule has 0 unspecified atom stereocenters. The van der Waals surface area contributed by atoms with Gasteiger partial charge in [0.15, 0.2) is 0 Å². The van der Waals surface area contributed by atoms with Crippen LogP contribution in [-0.2, 0) is 0 Å². The highest BCUT2D eigenvalue weighted by molar-refractivity contribution is 6.18. The molecule has 82 valence electrons. The van der Waals surface area contributed by atoms with E-state index in [4.69, 9.17) is 11.6 Å². The average Bonchev–Trinajstić information content (AvgIpc) is 2.65. The summed E-state index contributed by atoms with van der Waals surface area (Å²) in [5.41, 5.74) is 0.0620. The van der Waals surface area contributed by atoms with E-state index in [0.717, 1.165) is 0 Å². The number of hydrogen-bond donors (Lipinski definition) is 1. The Balaban J connectivity index is 2.78. The van der Waals surface area contributed by atoms with Gasteiger partial charge in [-0.15, -0.1) is 11.6 Å². The highest BCUT2D eigenvalue weighted by Gasteiger charge is 2.17. The number of aromatic nitrogens is 1. The van der Waals surface area contributed by atoms with E-state index in [9.17, 15) is 14.9 Å². The van der Waals surface area contributed by atoms with Crippen molar-refractivity contribution in [2.45, 2.75) is 0 Å². The van der Waals surface area contributed by atoms with Gasteiger partial charge in [0.05, 0.1) is 11.1 Å². The second kappa shape index (κ2) is 4.79. The van der Waals surface area contributed by atoms with Crippen LogP contribution >= 0.6 is 11.6 Å². The van der Waals surface area contributed by atoms with Crippen LogP contribution in [0, 0.1) is 10.1 Å². The monoisotopic (exact) mass is 231 g/mol. The van der Waals surface area contributed by atoms with Crippen molar-refractivity contribution in [2.75, 3.05) is 19.5 Å². The van der Waals surface area contributed by atoms with E-state index in [2.05, 4.69) is 4.98 Å². The Hall–Kier alpha value is -1.56. The summed E-state index contributed by atoms with van der Waals surface area (Å²) in [6.45, 7) is 0.396. The normalized spacial score (nSPS) is 10.0. The molecule has 1 aromatic rings. The number of alkyl halides is 1. The van der Waals surface area contributed by atoms with Crippen molar-refractivity contribution in [2.24, 2.45) is 0 Å². The topological polar surface area (TPSA) is 79.2 Å². The zero-order valence-electron chi connectivity index (χ0n) is 8.07. The van der Waals surface area contributed by atoms with E-state index >= 15 is 0 Å². The molecule has 0 saturated carbocycles. The molecule has 6 nitrogen and oxygen atoms in total. The molecule has 0 spiro atoms. The van der Waals surface area contributed by atoms with E-state index in [1.54, 1.807) is 7.05 Å². The molecule has 0 saturated heterocycles. The van der Waals surface area contributed by atoms with Gasteiger partial charge in [-0.2, -0.15) is 0 Å². The van der Waals surface area contributed by atoms with Gasteiger partial charge in [-0.3, -0.25) is 14.9 Å². The summed E-state index contributed by atoms with van der Waals surface area (Å²) in [4.78, 5) is 25.3. The molecule has 1 amide bonds. The van der Waals surface area contributed by atoms with E-state index in [-0.39, 0.29) is 17.3 Å². The van der Waals surface area contributed by atoms with Crippen molar-refractivity contribution < 1.29 is 9.72 Å². The Labute approximate surface area is 91.0 Å². The van der Waals surface area contributed by atoms with Gasteiger partial charge in [0.25, 0.3) is 11.6 Å². The van der Waals surface area contributed by atoms with Gasteiger partial charge in [-0.1, -0.05) is 0 Å². The molecular weight excluding hydrogens is 222 g/mol. The molecule has 0 aliphatic rings. The number of nitrogens with zero attached hydrogens (tertiary/aromatic N) is 2. The Morgan fingerprint density at radius 2 is 2.40 bits per heavy atom. The number of amides is 1. The molecule has 0 aliphatic carbocycles. The third kappa shape index (κ3) is 2.69. The molecular formula is C8H10ClN3O3. The molecule has 1 rings (SSSR count). The number of carbonyl (C=O) groups excluding carboxylic acids is 1. The molecule has 0 bridgehead atoms. The van der Waals surface area contributed by atoms with Crippen molar-refractivity contribution in [3.05, 3.63) is 28.1 Å². The molecule has 0 fully saturated rings. The average molecular weight is 232 g/mol. The van der Waals surface area contributed by atoms with Gasteiger partial charge in [0, 0.05) is 25.5 Å². The van der Waals surface area contributed by atoms with Crippen molar-refractivity contribution >= 4 is 23.2 Å². The maximum absolute atomic E-state index is 11.6. The Bertz CT molecular complexity index is 377. The number of nitrogens with one attached hydrogen (secondary N) is 1. The summed E-state index contributed by atoms with van der Waals surface area (Å²) in [6, 6.07) is 1.20. The number of H-pyrrole nitrogens is 1. The van der Waals surface area contributed by atoms with Crippen LogP contribution in [0.25, 0.3) is 0 Å². The Morgan fingerprint density at radius 1 is 1.73 bits per heavy atom. The minimum Gasteiger partial charge on any atom is -0.351 e. The second-order valence-corrected chi connectivity index (χ2v) is 3.32. The molecule has 7 heteroatoms. The van der Waals surface area contributed by atoms with Crippen LogP contribution < -0.4 is 0 Å². The summed E-state index contributed by atoms with van der Waals surface area (Å²) >= 11 is 5.47. The number of carbonyl (C=O) groups is 1. The van der Waals surface area contributed by atoms with Gasteiger partial charge in [0.1, 0.15) is 5.69 Å². The highest BCUT2D eigenvalue weighted by atomic mass is 35.5. The molecule has 1 heterocycles. The van der Waals surface area contributed by atoms with Crippen molar-refractivity contribution in [3.8, 4) is 0 Å². The van der Waals surface area contributed by atoms with Crippen LogP contribution in [0.1, 0.15) is 10.5 Å². The third-order valence-electron chi connectivity index (χ3n) is 1.88. The largest absolute Gasteiger partial charge is 0.351 e. The first-order valence-electron chi connectivity index (χ1n) is 4.20. The molecule has 15 heavy (non-hydrogen) atoms. The van der Waals surface area contributed by atoms with Gasteiger partial charge in [0.2, 0.25) is 0 Å². The van der Waals surface area contributed by atoms with Gasteiger partial charge in [-0.05, 0) is 0 Å². The van der Waals surface area contributed by atoms with E-state index in [0.29, 0.717) is 12.4 Å². The molecule has 0 atom stereocenters. The molecule has 0 aliphatic heterocycles. The second-order valence-electron chi connectivity index (χ2n) is 2.94. The van der Waals surface area contributed by atoms with Crippen molar-refractivity contribution in [1.82, 2.24) is 9.88 Å². The zero-order valence-corrected chi connectivity index (χ0v) is 8.82. The predicted molar refractivity (Wildman–Crippen MR) is 55.1 cm³/mol. The first kappa shape index (κ1) is 11.5. The maximum atomic E-state index is 11.6. The van der Waals surface area contributed by atoms with Crippen LogP contribution in [0.5, 0.6) is 0 Å². The molecule has 0 aromatic carbocycles. The van der Waals surface area contributed by atoms with Crippen LogP contribution in [0.4, 0.5) is 5.69 Å². The first-order chi connectivity index (χ1) is 7.06. The van der Waals surface area contributed by atoms with Crippen LogP contribution in [-0.4, -0.2) is 40.2 Å². The summed E-state index contributed by atoms with van der Waals surface area (Å²) in [5.74, 6) is 0.00847. The van der Waals surface area contributed by atoms with Crippen LogP contribution in [0.2, 0.25) is 0 Å². The minimum atomic E-state index is -0.561. The van der Waals surface area contributed by atoms with Gasteiger partial charge in [-0.25, -0.2) is 0 Å². The maximum Gasteiger partial charge on any atom is 0.287 e. The van der Waals surface area contributed by atoms with E-state index < -0.39 is 4.92 Å². The number of rotatable bonds is 4. The minimum absolute atomic E-state index is 0.127. The standard InChI is InChI=1S/C8H10ClN3O3/c1-11(3-2-9)8(13)7-4-6(5-10-7)12(14)15/h4-5,10H,2-3H2,1H3. The summed E-state index contributed by atoms with van der Waals surface area (Å²) in [7, 11) is 1.58. The zero-order chi connectivity index (χ0) is 11.4. The lowest BCUT2D eigenvalue weighted by molar-refractivity contribution is -0.384. The van der Waals surface area contributed by atoms with Crippen molar-refractivity contribution in [3.63, 3.8) is 0 Å². The fourth-order valence-corrected chi connectivity index (χ4v) is 1.30. The fraction of sp³-hybridized carbons (Fsp3) is 0.375. The van der Waals surface area contributed by atoms with E-state index in [1.807, 2.05) is 0 Å². The lowest BCUT2D eigenvalue weighted by Crippen LogP contribution is -2.28. The predicted octanol–water partition coefficient (Wildman–Crippen LogP) is 1.23. The van der Waals surface area contributed by atoms with Gasteiger partial charge < -0.3 is 9.88 Å². The molecule has 1 aromatic heterocycles. The van der Waals surface area contributed by atoms with E-state index in [1.165, 1.54) is 17.2 Å². The molecule has 1 N–H and O–H groups in total. The lowest BCUT2D eigenvalue weighted by atomic mass is 10.3. The van der Waals surface area contributed by atoms with Crippen LogP contribution in [0.3, 0.4) is 0 Å². The third-order valence-corrected chi connectivity index (χ3v) is 2.04. The number of aromatic amines is 1. The van der Waals surface area contributed by atoms with Crippen LogP contribution in [0.15, 0.2) is 12.3 Å². The number of nitro groups is 1. The number of hydrogen-bond acceptors (Lipinski definition) is 3. The Kier molecular flexibility index (Phi) is 3.68. The Morgan fingerprint density at radius 3 is 2.87 bits per heavy atom. The summed E-state index contributed by atoms with van der Waals surface area (Å²) in [5, 5.41) is 10.4. The van der Waals surface area contributed by atoms with Gasteiger partial charge >= 0.3 is 0 Å². The number of halogens is 1. The lowest BCUT2D eigenvalue weighted by Gasteiger charge is -2.13. The smallest absolute Gasteiger partial charge is 0.287 e. The quantitative estimate of drug-likeness (QED) is 0.481.